The van der Waals surface area contributed by atoms with Gasteiger partial charge in [0.25, 0.3) is 0 Å². The van der Waals surface area contributed by atoms with Crippen molar-refractivity contribution in [2.24, 2.45) is 5.73 Å². The van der Waals surface area contributed by atoms with E-state index in [0.717, 1.165) is 18.5 Å². The van der Waals surface area contributed by atoms with Gasteiger partial charge in [-0.05, 0) is 18.9 Å². The monoisotopic (exact) mass is 250 g/mol. The molecule has 1 aliphatic carbocycles. The van der Waals surface area contributed by atoms with Crippen LogP contribution in [0.25, 0.3) is 0 Å². The molecule has 1 saturated carbocycles. The molecule has 0 bridgehead atoms. The first-order valence-corrected chi connectivity index (χ1v) is 4.52. The maximum absolute atomic E-state index is 5.71. The second-order valence-electron chi connectivity index (χ2n) is 3.55. The minimum atomic E-state index is 0. The van der Waals surface area contributed by atoms with Crippen molar-refractivity contribution in [3.8, 4) is 5.88 Å². The molecule has 2 rings (SSSR count). The summed E-state index contributed by atoms with van der Waals surface area (Å²) in [5, 5.41) is 0. The summed E-state index contributed by atoms with van der Waals surface area (Å²) in [6.45, 7) is 0.688. The van der Waals surface area contributed by atoms with Crippen molar-refractivity contribution in [1.82, 2.24) is 4.98 Å². The number of rotatable bonds is 3. The Morgan fingerprint density at radius 2 is 2.07 bits per heavy atom. The SMILES string of the molecule is COc1cccc(C2(CN)CC2)n1.Cl.Cl. The number of pyridine rings is 1. The lowest BCUT2D eigenvalue weighted by molar-refractivity contribution is 0.394. The highest BCUT2D eigenvalue weighted by Gasteiger charge is 2.44. The van der Waals surface area contributed by atoms with Crippen LogP contribution in [-0.4, -0.2) is 18.6 Å². The van der Waals surface area contributed by atoms with Crippen molar-refractivity contribution in [3.63, 3.8) is 0 Å². The molecule has 0 spiro atoms. The van der Waals surface area contributed by atoms with E-state index in [1.54, 1.807) is 7.11 Å². The van der Waals surface area contributed by atoms with E-state index in [-0.39, 0.29) is 30.2 Å². The molecule has 0 aromatic carbocycles. The van der Waals surface area contributed by atoms with Gasteiger partial charge in [0.15, 0.2) is 0 Å². The summed E-state index contributed by atoms with van der Waals surface area (Å²) in [4.78, 5) is 4.39. The molecule has 0 saturated heterocycles. The third-order valence-corrected chi connectivity index (χ3v) is 2.72. The molecule has 1 aromatic rings. The molecule has 1 heterocycles. The van der Waals surface area contributed by atoms with Gasteiger partial charge in [-0.3, -0.25) is 0 Å². The normalized spacial score (nSPS) is 15.9. The van der Waals surface area contributed by atoms with Gasteiger partial charge in [0.2, 0.25) is 5.88 Å². The Morgan fingerprint density at radius 3 is 2.53 bits per heavy atom. The zero-order valence-electron chi connectivity index (χ0n) is 8.60. The molecule has 86 valence electrons. The minimum absolute atomic E-state index is 0. The standard InChI is InChI=1S/C10H14N2O.2ClH/c1-13-9-4-2-3-8(12-9)10(7-11)5-6-10;;/h2-4H,5-7,11H2,1H3;2*1H. The second-order valence-corrected chi connectivity index (χ2v) is 3.55. The molecule has 0 amide bonds. The largest absolute Gasteiger partial charge is 0.481 e. The molecule has 2 N–H and O–H groups in total. The Morgan fingerprint density at radius 1 is 1.40 bits per heavy atom. The molecule has 0 radical (unpaired) electrons. The zero-order valence-corrected chi connectivity index (χ0v) is 10.2. The number of nitrogens with two attached hydrogens (primary N) is 1. The van der Waals surface area contributed by atoms with Gasteiger partial charge in [0.05, 0.1) is 12.8 Å². The van der Waals surface area contributed by atoms with Gasteiger partial charge in [-0.2, -0.15) is 0 Å². The molecule has 1 fully saturated rings. The lowest BCUT2D eigenvalue weighted by atomic mass is 10.0. The quantitative estimate of drug-likeness (QED) is 0.892. The molecular weight excluding hydrogens is 235 g/mol. The topological polar surface area (TPSA) is 48.1 Å². The molecule has 0 unspecified atom stereocenters. The molecule has 1 aromatic heterocycles. The van der Waals surface area contributed by atoms with E-state index in [2.05, 4.69) is 4.98 Å². The van der Waals surface area contributed by atoms with Crippen LogP contribution in [0.5, 0.6) is 5.88 Å². The van der Waals surface area contributed by atoms with Crippen LogP contribution in [0.3, 0.4) is 0 Å². The fraction of sp³-hybridized carbons (Fsp3) is 0.500. The van der Waals surface area contributed by atoms with Crippen LogP contribution in [0.4, 0.5) is 0 Å². The predicted octanol–water partition coefficient (Wildman–Crippen LogP) is 1.92. The van der Waals surface area contributed by atoms with Crippen LogP contribution >= 0.6 is 24.8 Å². The fourth-order valence-corrected chi connectivity index (χ4v) is 1.54. The number of hydrogen-bond donors (Lipinski definition) is 1. The van der Waals surface area contributed by atoms with Crippen LogP contribution in [0, 0.1) is 0 Å². The summed E-state index contributed by atoms with van der Waals surface area (Å²) in [6.07, 6.45) is 2.31. The molecule has 0 aliphatic heterocycles. The van der Waals surface area contributed by atoms with Gasteiger partial charge in [-0.1, -0.05) is 6.07 Å². The van der Waals surface area contributed by atoms with E-state index in [1.807, 2.05) is 18.2 Å². The van der Waals surface area contributed by atoms with Crippen LogP contribution in [-0.2, 0) is 5.41 Å². The minimum Gasteiger partial charge on any atom is -0.481 e. The summed E-state index contributed by atoms with van der Waals surface area (Å²) in [7, 11) is 1.63. The highest BCUT2D eigenvalue weighted by atomic mass is 35.5. The first-order valence-electron chi connectivity index (χ1n) is 4.52. The molecule has 0 atom stereocenters. The number of halogens is 2. The van der Waals surface area contributed by atoms with Crippen molar-refractivity contribution < 1.29 is 4.74 Å². The zero-order chi connectivity index (χ0) is 9.31. The van der Waals surface area contributed by atoms with Crippen molar-refractivity contribution >= 4 is 24.8 Å². The summed E-state index contributed by atoms with van der Waals surface area (Å²) < 4.78 is 5.07. The van der Waals surface area contributed by atoms with Gasteiger partial charge in [0, 0.05) is 18.0 Å². The highest BCUT2D eigenvalue weighted by Crippen LogP contribution is 2.46. The van der Waals surface area contributed by atoms with Gasteiger partial charge < -0.3 is 10.5 Å². The van der Waals surface area contributed by atoms with Crippen LogP contribution in [0.1, 0.15) is 18.5 Å². The Balaban J connectivity index is 0.000000980. The summed E-state index contributed by atoms with van der Waals surface area (Å²) in [5.41, 5.74) is 6.95. The van der Waals surface area contributed by atoms with Gasteiger partial charge in [0.1, 0.15) is 0 Å². The first kappa shape index (κ1) is 14.5. The first-order chi connectivity index (χ1) is 6.30. The van der Waals surface area contributed by atoms with Gasteiger partial charge in [-0.25, -0.2) is 4.98 Å². The van der Waals surface area contributed by atoms with Crippen molar-refractivity contribution in [2.45, 2.75) is 18.3 Å². The lowest BCUT2D eigenvalue weighted by Crippen LogP contribution is -2.20. The van der Waals surface area contributed by atoms with E-state index >= 15 is 0 Å². The Bertz CT molecular complexity index is 316. The van der Waals surface area contributed by atoms with Crippen molar-refractivity contribution in [2.75, 3.05) is 13.7 Å². The average Bonchev–Trinajstić information content (AvgIpc) is 2.99. The van der Waals surface area contributed by atoms with Crippen molar-refractivity contribution in [1.29, 1.82) is 0 Å². The number of nitrogens with zero attached hydrogens (tertiary/aromatic N) is 1. The maximum atomic E-state index is 5.71. The number of ether oxygens (including phenoxy) is 1. The summed E-state index contributed by atoms with van der Waals surface area (Å²) in [6, 6.07) is 5.86. The van der Waals surface area contributed by atoms with E-state index in [1.165, 1.54) is 0 Å². The molecule has 3 nitrogen and oxygen atoms in total. The van der Waals surface area contributed by atoms with E-state index in [9.17, 15) is 0 Å². The van der Waals surface area contributed by atoms with E-state index in [4.69, 9.17) is 10.5 Å². The average molecular weight is 251 g/mol. The highest BCUT2D eigenvalue weighted by molar-refractivity contribution is 5.85. The Hall–Kier alpha value is -0.510. The smallest absolute Gasteiger partial charge is 0.213 e. The molecular formula is C10H16Cl2N2O. The second kappa shape index (κ2) is 5.54. The number of hydrogen-bond acceptors (Lipinski definition) is 3. The van der Waals surface area contributed by atoms with E-state index < -0.39 is 0 Å². The number of methoxy groups -OCH3 is 1. The lowest BCUT2D eigenvalue weighted by Gasteiger charge is -2.11. The van der Waals surface area contributed by atoms with Gasteiger partial charge in [-0.15, -0.1) is 24.8 Å². The van der Waals surface area contributed by atoms with Crippen molar-refractivity contribution in [3.05, 3.63) is 23.9 Å². The van der Waals surface area contributed by atoms with Crippen LogP contribution < -0.4 is 10.5 Å². The van der Waals surface area contributed by atoms with Crippen LogP contribution in [0.2, 0.25) is 0 Å². The van der Waals surface area contributed by atoms with E-state index in [0.29, 0.717) is 12.4 Å². The summed E-state index contributed by atoms with van der Waals surface area (Å²) in [5.74, 6) is 0.678. The summed E-state index contributed by atoms with van der Waals surface area (Å²) >= 11 is 0. The molecule has 15 heavy (non-hydrogen) atoms. The Kier molecular flexibility index (Phi) is 5.35. The molecule has 5 heteroatoms. The number of aromatic nitrogens is 1. The predicted molar refractivity (Wildman–Crippen MR) is 65.3 cm³/mol. The van der Waals surface area contributed by atoms with Gasteiger partial charge >= 0.3 is 0 Å². The van der Waals surface area contributed by atoms with Crippen LogP contribution in [0.15, 0.2) is 18.2 Å². The third-order valence-electron chi connectivity index (χ3n) is 2.72. The Labute approximate surface area is 102 Å². The molecule has 1 aliphatic rings. The third kappa shape index (κ3) is 2.74. The fourth-order valence-electron chi connectivity index (χ4n) is 1.54. The maximum Gasteiger partial charge on any atom is 0.213 e.